The van der Waals surface area contributed by atoms with E-state index < -0.39 is 6.04 Å². The van der Waals surface area contributed by atoms with Gasteiger partial charge in [-0.3, -0.25) is 4.90 Å². The van der Waals surface area contributed by atoms with Crippen molar-refractivity contribution < 1.29 is 9.53 Å². The second kappa shape index (κ2) is 4.06. The van der Waals surface area contributed by atoms with Crippen molar-refractivity contribution in [2.45, 2.75) is 13.0 Å². The molecule has 0 saturated carbocycles. The van der Waals surface area contributed by atoms with E-state index in [0.717, 1.165) is 0 Å². The molecule has 16 heavy (non-hydrogen) atoms. The number of nitriles is 1. The molecular formula is C10H10N4O2. The fourth-order valence-electron chi connectivity index (χ4n) is 1.47. The average Bonchev–Trinajstić information content (AvgIpc) is 2.71. The first-order valence-corrected chi connectivity index (χ1v) is 4.83. The highest BCUT2D eigenvalue weighted by atomic mass is 16.5. The number of rotatable bonds is 2. The van der Waals surface area contributed by atoms with Gasteiger partial charge in [0.05, 0.1) is 12.8 Å². The van der Waals surface area contributed by atoms with Gasteiger partial charge in [0.1, 0.15) is 0 Å². The predicted molar refractivity (Wildman–Crippen MR) is 55.4 cm³/mol. The number of esters is 1. The first-order valence-electron chi connectivity index (χ1n) is 4.83. The summed E-state index contributed by atoms with van der Waals surface area (Å²) in [5, 5.41) is 8.69. The Hall–Kier alpha value is -2.29. The summed E-state index contributed by atoms with van der Waals surface area (Å²) < 4.78 is 4.92. The van der Waals surface area contributed by atoms with E-state index in [9.17, 15) is 4.79 Å². The Labute approximate surface area is 92.7 Å². The Kier molecular flexibility index (Phi) is 2.60. The molecule has 0 amide bonds. The van der Waals surface area contributed by atoms with E-state index in [2.05, 4.69) is 4.99 Å². The number of aliphatic imine (C=N–C) groups is 1. The number of hydrogen-bond donors (Lipinski definition) is 0. The number of hydrogen-bond acceptors (Lipinski definition) is 6. The summed E-state index contributed by atoms with van der Waals surface area (Å²) in [5.41, 5.74) is 0. The van der Waals surface area contributed by atoms with E-state index in [4.69, 9.17) is 10.00 Å². The topological polar surface area (TPSA) is 68.9 Å². The van der Waals surface area contributed by atoms with Gasteiger partial charge in [0, 0.05) is 18.6 Å². The highest BCUT2D eigenvalue weighted by Crippen LogP contribution is 2.22. The lowest BCUT2D eigenvalue weighted by atomic mass is 10.3. The van der Waals surface area contributed by atoms with Crippen LogP contribution in [0.3, 0.4) is 0 Å². The lowest BCUT2D eigenvalue weighted by Gasteiger charge is -2.24. The van der Waals surface area contributed by atoms with Crippen LogP contribution in [0, 0.1) is 11.5 Å². The molecule has 0 bridgehead atoms. The van der Waals surface area contributed by atoms with Crippen molar-refractivity contribution in [3.8, 4) is 6.19 Å². The van der Waals surface area contributed by atoms with Crippen LogP contribution in [-0.4, -0.2) is 34.6 Å². The van der Waals surface area contributed by atoms with E-state index in [1.165, 1.54) is 11.1 Å². The predicted octanol–water partition coefficient (Wildman–Crippen LogP) is 0.371. The summed E-state index contributed by atoms with van der Waals surface area (Å²) in [6, 6.07) is -0.525. The number of fused-ring (bicyclic) bond motifs is 1. The van der Waals surface area contributed by atoms with Gasteiger partial charge in [0.15, 0.2) is 18.1 Å². The van der Waals surface area contributed by atoms with Gasteiger partial charge in [-0.2, -0.15) is 5.26 Å². The van der Waals surface area contributed by atoms with Gasteiger partial charge < -0.3 is 9.64 Å². The molecule has 0 saturated heterocycles. The minimum Gasteiger partial charge on any atom is -0.464 e. The summed E-state index contributed by atoms with van der Waals surface area (Å²) in [7, 11) is 0. The third kappa shape index (κ3) is 1.63. The quantitative estimate of drug-likeness (QED) is 0.494. The number of carbonyl (C=O) groups is 1. The molecule has 82 valence electrons. The third-order valence-electron chi connectivity index (χ3n) is 2.20. The molecular weight excluding hydrogens is 208 g/mol. The normalized spacial score (nSPS) is 21.5. The molecule has 0 aromatic carbocycles. The standard InChI is InChI=1S/C10H10N4O2/c1-2-16-10(15)8-5-12-9-6-13(7-11)3-4-14(8)9/h3-6,8H,2H2,1H3. The van der Waals surface area contributed by atoms with Crippen LogP contribution in [0.4, 0.5) is 0 Å². The number of nitrogens with zero attached hydrogens (tertiary/aromatic N) is 4. The van der Waals surface area contributed by atoms with Crippen molar-refractivity contribution in [3.63, 3.8) is 0 Å². The van der Waals surface area contributed by atoms with Crippen LogP contribution in [0.2, 0.25) is 0 Å². The highest BCUT2D eigenvalue weighted by Gasteiger charge is 2.32. The molecule has 0 aromatic rings. The summed E-state index contributed by atoms with van der Waals surface area (Å²) in [6.07, 6.45) is 8.19. The van der Waals surface area contributed by atoms with Crippen molar-refractivity contribution in [2.24, 2.45) is 4.99 Å². The lowest BCUT2D eigenvalue weighted by molar-refractivity contribution is -0.145. The van der Waals surface area contributed by atoms with Crippen LogP contribution in [0.25, 0.3) is 0 Å². The van der Waals surface area contributed by atoms with Crippen LogP contribution in [0.1, 0.15) is 6.92 Å². The second-order valence-electron chi connectivity index (χ2n) is 3.18. The zero-order valence-corrected chi connectivity index (χ0v) is 8.70. The summed E-state index contributed by atoms with van der Waals surface area (Å²) in [5.74, 6) is 0.215. The molecule has 2 heterocycles. The molecule has 6 nitrogen and oxygen atoms in total. The zero-order valence-electron chi connectivity index (χ0n) is 8.70. The van der Waals surface area contributed by atoms with Gasteiger partial charge in [0.25, 0.3) is 0 Å². The van der Waals surface area contributed by atoms with Crippen LogP contribution in [0.5, 0.6) is 0 Å². The molecule has 1 atom stereocenters. The SMILES string of the molecule is CCOC(=O)C1C=NC2=CN(C#N)C=CN21. The fourth-order valence-corrected chi connectivity index (χ4v) is 1.47. The van der Waals surface area contributed by atoms with Crippen LogP contribution in [0.15, 0.2) is 29.4 Å². The molecule has 2 rings (SSSR count). The van der Waals surface area contributed by atoms with Gasteiger partial charge in [-0.05, 0) is 6.92 Å². The molecule has 6 heteroatoms. The average molecular weight is 218 g/mol. The first-order chi connectivity index (χ1) is 7.76. The van der Waals surface area contributed by atoms with Gasteiger partial charge in [0.2, 0.25) is 0 Å². The van der Waals surface area contributed by atoms with E-state index >= 15 is 0 Å². The van der Waals surface area contributed by atoms with Gasteiger partial charge in [-0.25, -0.2) is 9.79 Å². The zero-order chi connectivity index (χ0) is 11.5. The van der Waals surface area contributed by atoms with Crippen LogP contribution < -0.4 is 0 Å². The summed E-state index contributed by atoms with van der Waals surface area (Å²) in [4.78, 5) is 18.6. The smallest absolute Gasteiger partial charge is 0.334 e. The summed E-state index contributed by atoms with van der Waals surface area (Å²) >= 11 is 0. The molecule has 0 aliphatic carbocycles. The van der Waals surface area contributed by atoms with E-state index in [1.807, 2.05) is 6.19 Å². The minimum absolute atomic E-state index is 0.337. The van der Waals surface area contributed by atoms with E-state index in [0.29, 0.717) is 12.4 Å². The van der Waals surface area contributed by atoms with Crippen molar-refractivity contribution in [1.29, 1.82) is 5.26 Å². The Bertz CT molecular complexity index is 433. The Balaban J connectivity index is 2.15. The number of carbonyl (C=O) groups excluding carboxylic acids is 1. The van der Waals surface area contributed by atoms with Crippen LogP contribution in [-0.2, 0) is 9.53 Å². The number of ether oxygens (including phenoxy) is 1. The third-order valence-corrected chi connectivity index (χ3v) is 2.20. The molecule has 2 aliphatic rings. The monoisotopic (exact) mass is 218 g/mol. The van der Waals surface area contributed by atoms with Gasteiger partial charge >= 0.3 is 5.97 Å². The van der Waals surface area contributed by atoms with Crippen molar-refractivity contribution in [2.75, 3.05) is 6.61 Å². The molecule has 0 spiro atoms. The van der Waals surface area contributed by atoms with Crippen molar-refractivity contribution in [3.05, 3.63) is 24.4 Å². The van der Waals surface area contributed by atoms with Crippen molar-refractivity contribution >= 4 is 12.2 Å². The second-order valence-corrected chi connectivity index (χ2v) is 3.18. The Morgan fingerprint density at radius 1 is 1.69 bits per heavy atom. The molecule has 0 radical (unpaired) electrons. The molecule has 2 aliphatic heterocycles. The lowest BCUT2D eigenvalue weighted by Crippen LogP contribution is -2.37. The van der Waals surface area contributed by atoms with Gasteiger partial charge in [-0.1, -0.05) is 0 Å². The fraction of sp³-hybridized carbons (Fsp3) is 0.300. The molecule has 0 aromatic heterocycles. The minimum atomic E-state index is -0.525. The maximum absolute atomic E-state index is 11.6. The molecule has 0 N–H and O–H groups in total. The van der Waals surface area contributed by atoms with Crippen LogP contribution >= 0.6 is 0 Å². The van der Waals surface area contributed by atoms with Crippen molar-refractivity contribution in [1.82, 2.24) is 9.80 Å². The molecule has 1 unspecified atom stereocenters. The highest BCUT2D eigenvalue weighted by molar-refractivity contribution is 5.96. The van der Waals surface area contributed by atoms with Gasteiger partial charge in [-0.15, -0.1) is 0 Å². The Morgan fingerprint density at radius 3 is 3.19 bits per heavy atom. The Morgan fingerprint density at radius 2 is 2.50 bits per heavy atom. The van der Waals surface area contributed by atoms with E-state index in [1.54, 1.807) is 30.4 Å². The first kappa shape index (κ1) is 10.2. The maximum atomic E-state index is 11.6. The largest absolute Gasteiger partial charge is 0.464 e. The maximum Gasteiger partial charge on any atom is 0.334 e. The molecule has 0 fully saturated rings. The summed E-state index contributed by atoms with van der Waals surface area (Å²) in [6.45, 7) is 2.09. The van der Waals surface area contributed by atoms with E-state index in [-0.39, 0.29) is 5.97 Å².